The number of rotatable bonds is 3. The number of ether oxygens (including phenoxy) is 1. The predicted molar refractivity (Wildman–Crippen MR) is 68.9 cm³/mol. The van der Waals surface area contributed by atoms with Crippen LogP contribution >= 0.6 is 11.3 Å². The third-order valence-corrected chi connectivity index (χ3v) is 3.44. The Morgan fingerprint density at radius 3 is 2.67 bits per heavy atom. The van der Waals surface area contributed by atoms with Crippen LogP contribution in [0.15, 0.2) is 24.3 Å². The van der Waals surface area contributed by atoms with E-state index >= 15 is 0 Å². The Hall–Kier alpha value is -1.95. The highest BCUT2D eigenvalue weighted by atomic mass is 32.1. The van der Waals surface area contributed by atoms with Gasteiger partial charge in [0.05, 0.1) is 0 Å². The Kier molecular flexibility index (Phi) is 2.71. The molecule has 0 fully saturated rings. The first-order valence-corrected chi connectivity index (χ1v) is 6.41. The molecule has 0 aliphatic heterocycles. The molecule has 0 N–H and O–H groups in total. The molecule has 3 rings (SSSR count). The Balaban J connectivity index is 1.74. The van der Waals surface area contributed by atoms with Crippen molar-refractivity contribution in [3.05, 3.63) is 40.7 Å². The van der Waals surface area contributed by atoms with Gasteiger partial charge in [0.1, 0.15) is 12.4 Å². The van der Waals surface area contributed by atoms with Crippen LogP contribution in [0.5, 0.6) is 5.75 Å². The van der Waals surface area contributed by atoms with Crippen LogP contribution in [-0.2, 0) is 6.61 Å². The van der Waals surface area contributed by atoms with E-state index < -0.39 is 0 Å². The van der Waals surface area contributed by atoms with Crippen LogP contribution in [0.3, 0.4) is 0 Å². The second-order valence-corrected chi connectivity index (χ2v) is 5.08. The third kappa shape index (κ3) is 2.06. The van der Waals surface area contributed by atoms with E-state index in [1.165, 1.54) is 16.9 Å². The summed E-state index contributed by atoms with van der Waals surface area (Å²) in [5, 5.41) is 13.2. The van der Waals surface area contributed by atoms with E-state index in [0.717, 1.165) is 21.5 Å². The molecule has 18 heavy (non-hydrogen) atoms. The normalized spacial score (nSPS) is 11.0. The number of hydrogen-bond donors (Lipinski definition) is 0. The van der Waals surface area contributed by atoms with Gasteiger partial charge in [-0.25, -0.2) is 0 Å². The maximum atomic E-state index is 5.67. The van der Waals surface area contributed by atoms with Crippen molar-refractivity contribution in [2.75, 3.05) is 0 Å². The SMILES string of the molecule is Cc1ccc(OCc2nn3c(C)nnc3s2)cc1. The van der Waals surface area contributed by atoms with Crippen molar-refractivity contribution < 1.29 is 4.74 Å². The van der Waals surface area contributed by atoms with Gasteiger partial charge in [-0.2, -0.15) is 9.61 Å². The lowest BCUT2D eigenvalue weighted by Crippen LogP contribution is -1.97. The smallest absolute Gasteiger partial charge is 0.234 e. The molecule has 0 radical (unpaired) electrons. The summed E-state index contributed by atoms with van der Waals surface area (Å²) in [5.74, 6) is 1.64. The van der Waals surface area contributed by atoms with Gasteiger partial charge in [0.25, 0.3) is 0 Å². The molecule has 5 nitrogen and oxygen atoms in total. The monoisotopic (exact) mass is 260 g/mol. The Morgan fingerprint density at radius 1 is 1.17 bits per heavy atom. The average molecular weight is 260 g/mol. The molecular weight excluding hydrogens is 248 g/mol. The van der Waals surface area contributed by atoms with Crippen LogP contribution in [0.1, 0.15) is 16.4 Å². The molecule has 92 valence electrons. The minimum Gasteiger partial charge on any atom is -0.486 e. The molecule has 0 aliphatic carbocycles. The van der Waals surface area contributed by atoms with Crippen LogP contribution in [0, 0.1) is 13.8 Å². The van der Waals surface area contributed by atoms with Gasteiger partial charge in [-0.1, -0.05) is 29.0 Å². The van der Waals surface area contributed by atoms with Gasteiger partial charge in [0.15, 0.2) is 10.8 Å². The zero-order chi connectivity index (χ0) is 12.5. The van der Waals surface area contributed by atoms with Crippen molar-refractivity contribution in [3.8, 4) is 5.75 Å². The number of hydrogen-bond acceptors (Lipinski definition) is 5. The van der Waals surface area contributed by atoms with Gasteiger partial charge in [-0.05, 0) is 26.0 Å². The number of aromatic nitrogens is 4. The van der Waals surface area contributed by atoms with E-state index in [2.05, 4.69) is 22.2 Å². The highest BCUT2D eigenvalue weighted by Gasteiger charge is 2.08. The summed E-state index contributed by atoms with van der Waals surface area (Å²) in [6.45, 7) is 4.39. The van der Waals surface area contributed by atoms with Crippen LogP contribution in [0.2, 0.25) is 0 Å². The first-order chi connectivity index (χ1) is 8.72. The van der Waals surface area contributed by atoms with E-state index in [1.54, 1.807) is 4.52 Å². The fourth-order valence-corrected chi connectivity index (χ4v) is 2.38. The van der Waals surface area contributed by atoms with E-state index in [9.17, 15) is 0 Å². The molecule has 6 heteroatoms. The molecule has 0 spiro atoms. The van der Waals surface area contributed by atoms with E-state index in [1.807, 2.05) is 31.2 Å². The Bertz CT molecular complexity index is 671. The topological polar surface area (TPSA) is 52.3 Å². The molecule has 1 aromatic carbocycles. The maximum Gasteiger partial charge on any atom is 0.234 e. The Labute approximate surface area is 108 Å². The molecule has 0 amide bonds. The summed E-state index contributed by atoms with van der Waals surface area (Å²) >= 11 is 1.49. The average Bonchev–Trinajstić information content (AvgIpc) is 2.91. The highest BCUT2D eigenvalue weighted by molar-refractivity contribution is 7.16. The van der Waals surface area contributed by atoms with Crippen molar-refractivity contribution >= 4 is 16.3 Å². The second-order valence-electron chi connectivity index (χ2n) is 4.04. The molecule has 0 saturated carbocycles. The highest BCUT2D eigenvalue weighted by Crippen LogP contribution is 2.17. The fraction of sp³-hybridized carbons (Fsp3) is 0.250. The Morgan fingerprint density at radius 2 is 1.94 bits per heavy atom. The molecule has 0 unspecified atom stereocenters. The molecular formula is C12H12N4OS. The molecule has 0 atom stereocenters. The number of nitrogens with zero attached hydrogens (tertiary/aromatic N) is 4. The van der Waals surface area contributed by atoms with Crippen molar-refractivity contribution in [2.24, 2.45) is 0 Å². The molecule has 2 aromatic heterocycles. The van der Waals surface area contributed by atoms with Gasteiger partial charge in [0.2, 0.25) is 4.96 Å². The lowest BCUT2D eigenvalue weighted by molar-refractivity contribution is 0.304. The molecule has 0 saturated heterocycles. The molecule has 3 aromatic rings. The third-order valence-electron chi connectivity index (χ3n) is 2.57. The van der Waals surface area contributed by atoms with Crippen molar-refractivity contribution in [2.45, 2.75) is 20.5 Å². The zero-order valence-corrected chi connectivity index (χ0v) is 10.9. The minimum atomic E-state index is 0.455. The summed E-state index contributed by atoms with van der Waals surface area (Å²) in [4.78, 5) is 0.801. The van der Waals surface area contributed by atoms with Gasteiger partial charge >= 0.3 is 0 Å². The van der Waals surface area contributed by atoms with Crippen molar-refractivity contribution in [1.29, 1.82) is 0 Å². The second kappa shape index (κ2) is 4.38. The molecule has 2 heterocycles. The molecule has 0 aliphatic rings. The number of benzene rings is 1. The van der Waals surface area contributed by atoms with Crippen LogP contribution in [0.25, 0.3) is 4.96 Å². The van der Waals surface area contributed by atoms with Crippen LogP contribution < -0.4 is 4.74 Å². The summed E-state index contributed by atoms with van der Waals surface area (Å²) < 4.78 is 7.41. The summed E-state index contributed by atoms with van der Waals surface area (Å²) in [7, 11) is 0. The first kappa shape index (κ1) is 11.2. The lowest BCUT2D eigenvalue weighted by Gasteiger charge is -2.03. The predicted octanol–water partition coefficient (Wildman–Crippen LogP) is 2.38. The van der Waals surface area contributed by atoms with Gasteiger partial charge in [0, 0.05) is 0 Å². The van der Waals surface area contributed by atoms with Gasteiger partial charge in [-0.15, -0.1) is 10.2 Å². The lowest BCUT2D eigenvalue weighted by atomic mass is 10.2. The fourth-order valence-electron chi connectivity index (χ4n) is 1.59. The summed E-state index contributed by atoms with van der Waals surface area (Å²) in [6, 6.07) is 7.97. The number of fused-ring (bicyclic) bond motifs is 1. The van der Waals surface area contributed by atoms with E-state index in [4.69, 9.17) is 4.74 Å². The van der Waals surface area contributed by atoms with Crippen molar-refractivity contribution in [1.82, 2.24) is 19.8 Å². The largest absolute Gasteiger partial charge is 0.486 e. The van der Waals surface area contributed by atoms with Gasteiger partial charge in [-0.3, -0.25) is 0 Å². The molecule has 0 bridgehead atoms. The van der Waals surface area contributed by atoms with E-state index in [-0.39, 0.29) is 0 Å². The van der Waals surface area contributed by atoms with E-state index in [0.29, 0.717) is 6.61 Å². The zero-order valence-electron chi connectivity index (χ0n) is 10.1. The van der Waals surface area contributed by atoms with Crippen LogP contribution in [-0.4, -0.2) is 19.8 Å². The maximum absolute atomic E-state index is 5.67. The van der Waals surface area contributed by atoms with Gasteiger partial charge < -0.3 is 4.74 Å². The van der Waals surface area contributed by atoms with Crippen molar-refractivity contribution in [3.63, 3.8) is 0 Å². The van der Waals surface area contributed by atoms with Crippen LogP contribution in [0.4, 0.5) is 0 Å². The first-order valence-electron chi connectivity index (χ1n) is 5.59. The number of aryl methyl sites for hydroxylation is 2. The summed E-state index contributed by atoms with van der Waals surface area (Å²) in [5.41, 5.74) is 1.22. The summed E-state index contributed by atoms with van der Waals surface area (Å²) in [6.07, 6.45) is 0. The minimum absolute atomic E-state index is 0.455. The standard InChI is InChI=1S/C12H12N4OS/c1-8-3-5-10(6-4-8)17-7-11-15-16-9(2)13-14-12(16)18-11/h3-6H,7H2,1-2H3. The quantitative estimate of drug-likeness (QED) is 0.725.